The Kier molecular flexibility index (Phi) is 41.2. The summed E-state index contributed by atoms with van der Waals surface area (Å²) >= 11 is 7.39. The lowest BCUT2D eigenvalue weighted by Gasteiger charge is -2.34. The first-order valence-corrected chi connectivity index (χ1v) is 50.9. The van der Waals surface area contributed by atoms with E-state index >= 15 is 0 Å². The second kappa shape index (κ2) is 51.5. The minimum atomic E-state index is -0.654. The standard InChI is InChI=1S/C106H152O2S4/c1-5-9-13-17-21-25-29-33-37-41-45-49-53-57-61-85-65-73-89(74-66-85)105(90-75-67-86(68-76-90)62-58-54-50-46-42-38-34-30-26-22-18-14-10-6-2)95-81-93(83-107)109-99(95)101-97(105)103-104(111-101)98-102(112-103)100-96(82-94(84-108)110-100)106(98,91-77-69-87(70-78-91)63-59-55-51-47-43-39-35-31-27-23-19-15-11-7-3)92-79-71-88(72-80-92)64-60-56-52-48-44-40-36-32-28-24-20-16-12-8-4/h65-84H,5-64H2,1-4H3. The fraction of sp³-hybridized carbons (Fsp3) is 0.623. The Labute approximate surface area is 700 Å². The molecule has 2 aliphatic carbocycles. The van der Waals surface area contributed by atoms with Crippen LogP contribution < -0.4 is 0 Å². The van der Waals surface area contributed by atoms with E-state index in [1.54, 1.807) is 22.7 Å². The van der Waals surface area contributed by atoms with Crippen molar-refractivity contribution in [2.45, 2.75) is 424 Å². The molecule has 4 aromatic carbocycles. The minimum absolute atomic E-state index is 0.654. The Morgan fingerprint density at radius 2 is 0.402 bits per heavy atom. The number of unbranched alkanes of at least 4 members (excludes halogenated alkanes) is 52. The summed E-state index contributed by atoms with van der Waals surface area (Å²) in [6.07, 6.45) is 83.4. The Hall–Kier alpha value is -4.72. The van der Waals surface area contributed by atoms with Gasteiger partial charge in [-0.05, 0) is 119 Å². The molecular formula is C106H152O2S4. The molecule has 0 spiro atoms. The van der Waals surface area contributed by atoms with Crippen LogP contribution in [0.1, 0.15) is 473 Å². The molecule has 112 heavy (non-hydrogen) atoms. The molecule has 0 aliphatic heterocycles. The van der Waals surface area contributed by atoms with Crippen molar-refractivity contribution >= 4 is 67.3 Å². The van der Waals surface area contributed by atoms with Crippen LogP contribution in [0.3, 0.4) is 0 Å². The number of aryl methyl sites for hydroxylation is 4. The molecule has 10 rings (SSSR count). The number of carbonyl (C=O) groups excluding carboxylic acids is 2. The maximum absolute atomic E-state index is 13.4. The molecule has 612 valence electrons. The number of carbonyl (C=O) groups is 2. The maximum Gasteiger partial charge on any atom is 0.160 e. The Morgan fingerprint density at radius 3 is 0.580 bits per heavy atom. The summed E-state index contributed by atoms with van der Waals surface area (Å²) < 4.78 is 2.72. The van der Waals surface area contributed by atoms with Gasteiger partial charge in [-0.1, -0.05) is 459 Å². The third kappa shape index (κ3) is 25.6. The molecule has 6 heteroatoms. The normalized spacial score (nSPS) is 13.2. The van der Waals surface area contributed by atoms with Gasteiger partial charge in [-0.15, -0.1) is 45.3 Å². The number of benzene rings is 4. The molecule has 0 saturated carbocycles. The Balaban J connectivity index is 0.929. The third-order valence-electron chi connectivity index (χ3n) is 26.1. The van der Waals surface area contributed by atoms with Crippen LogP contribution in [0.4, 0.5) is 0 Å². The van der Waals surface area contributed by atoms with Gasteiger partial charge in [0.05, 0.1) is 49.5 Å². The highest BCUT2D eigenvalue weighted by Gasteiger charge is 2.55. The summed E-state index contributed by atoms with van der Waals surface area (Å²) in [6.45, 7) is 9.25. The lowest BCUT2D eigenvalue weighted by molar-refractivity contribution is 0.111. The molecule has 0 bridgehead atoms. The van der Waals surface area contributed by atoms with E-state index in [1.165, 1.54) is 455 Å². The number of fused-ring (bicyclic) bond motifs is 9. The predicted octanol–water partition coefficient (Wildman–Crippen LogP) is 35.5. The summed E-state index contributed by atoms with van der Waals surface area (Å²) in [7, 11) is 0. The summed E-state index contributed by atoms with van der Waals surface area (Å²) in [4.78, 5) is 33.5. The van der Waals surface area contributed by atoms with Gasteiger partial charge in [0.15, 0.2) is 12.6 Å². The van der Waals surface area contributed by atoms with Crippen LogP contribution in [0.5, 0.6) is 0 Å². The molecule has 4 heterocycles. The molecule has 2 nitrogen and oxygen atoms in total. The lowest BCUT2D eigenvalue weighted by atomic mass is 9.67. The van der Waals surface area contributed by atoms with Crippen molar-refractivity contribution in [1.82, 2.24) is 0 Å². The van der Waals surface area contributed by atoms with Crippen molar-refractivity contribution in [1.29, 1.82) is 0 Å². The van der Waals surface area contributed by atoms with Gasteiger partial charge in [0.2, 0.25) is 0 Å². The predicted molar refractivity (Wildman–Crippen MR) is 497 cm³/mol. The van der Waals surface area contributed by atoms with Crippen molar-refractivity contribution in [2.24, 2.45) is 0 Å². The topological polar surface area (TPSA) is 34.1 Å². The van der Waals surface area contributed by atoms with Crippen LogP contribution in [-0.2, 0) is 36.5 Å². The van der Waals surface area contributed by atoms with E-state index in [2.05, 4.69) is 137 Å². The molecule has 0 unspecified atom stereocenters. The third-order valence-corrected chi connectivity index (χ3v) is 31.0. The van der Waals surface area contributed by atoms with Crippen LogP contribution in [0.25, 0.3) is 28.9 Å². The first kappa shape index (κ1) is 89.6. The zero-order valence-electron chi connectivity index (χ0n) is 71.4. The van der Waals surface area contributed by atoms with E-state index in [1.807, 2.05) is 22.7 Å². The smallest absolute Gasteiger partial charge is 0.160 e. The molecule has 0 amide bonds. The molecule has 0 fully saturated rings. The van der Waals surface area contributed by atoms with E-state index in [0.29, 0.717) is 0 Å². The fourth-order valence-electron chi connectivity index (χ4n) is 19.3. The number of hydrogen-bond acceptors (Lipinski definition) is 6. The van der Waals surface area contributed by atoms with Gasteiger partial charge in [0.25, 0.3) is 0 Å². The molecule has 0 atom stereocenters. The zero-order chi connectivity index (χ0) is 77.9. The highest BCUT2D eigenvalue weighted by Crippen LogP contribution is 2.70. The van der Waals surface area contributed by atoms with Gasteiger partial charge < -0.3 is 0 Å². The summed E-state index contributed by atoms with van der Waals surface area (Å²) in [5, 5.41) is 0. The van der Waals surface area contributed by atoms with Gasteiger partial charge in [-0.25, -0.2) is 0 Å². The van der Waals surface area contributed by atoms with E-state index in [0.717, 1.165) is 48.0 Å². The molecule has 4 aromatic heterocycles. The lowest BCUT2D eigenvalue weighted by Crippen LogP contribution is -2.29. The number of thiophene rings is 4. The van der Waals surface area contributed by atoms with Crippen molar-refractivity contribution in [3.63, 3.8) is 0 Å². The van der Waals surface area contributed by atoms with Crippen LogP contribution >= 0.6 is 45.3 Å². The summed E-state index contributed by atoms with van der Waals surface area (Å²) in [5.74, 6) is 0. The Morgan fingerprint density at radius 1 is 0.223 bits per heavy atom. The molecular weight excluding hydrogens is 1430 g/mol. The highest BCUT2D eigenvalue weighted by molar-refractivity contribution is 7.34. The largest absolute Gasteiger partial charge is 0.297 e. The number of aldehydes is 2. The Bertz CT molecular complexity index is 3440. The SMILES string of the molecule is CCCCCCCCCCCCCCCCc1ccc(C2(c3ccc(CCCCCCCCCCCCCCCC)cc3)c3cc(C=O)sc3-c3sc4c5c(sc4c32)-c2sc(C=O)cc2C5(c2ccc(CCCCCCCCCCCCCCCC)cc2)c2ccc(CCCCCCCCCCCCCCCC)cc2)cc1. The first-order chi connectivity index (χ1) is 55.4. The average molecular weight is 1590 g/mol. The minimum Gasteiger partial charge on any atom is -0.297 e. The van der Waals surface area contributed by atoms with Gasteiger partial charge in [-0.2, -0.15) is 0 Å². The van der Waals surface area contributed by atoms with E-state index < -0.39 is 10.8 Å². The van der Waals surface area contributed by atoms with Crippen LogP contribution in [0.2, 0.25) is 0 Å². The average Bonchev–Trinajstić information content (AvgIpc) is 1.49. The van der Waals surface area contributed by atoms with Crippen molar-refractivity contribution in [3.05, 3.63) is 186 Å². The van der Waals surface area contributed by atoms with Gasteiger partial charge in [-0.3, -0.25) is 9.59 Å². The quantitative estimate of drug-likeness (QED) is 0.0281. The van der Waals surface area contributed by atoms with E-state index in [4.69, 9.17) is 0 Å². The van der Waals surface area contributed by atoms with Gasteiger partial charge in [0, 0.05) is 11.1 Å². The fourth-order valence-corrected chi connectivity index (χ4v) is 24.8. The molecule has 0 radical (unpaired) electrons. The molecule has 0 saturated heterocycles. The summed E-state index contributed by atoms with van der Waals surface area (Å²) in [6, 6.07) is 44.1. The van der Waals surface area contributed by atoms with Gasteiger partial charge in [0.1, 0.15) is 0 Å². The number of hydrogen-bond donors (Lipinski definition) is 0. The second-order valence-corrected chi connectivity index (χ2v) is 39.2. The number of rotatable bonds is 66. The highest BCUT2D eigenvalue weighted by atomic mass is 32.1. The van der Waals surface area contributed by atoms with Crippen LogP contribution in [-0.4, -0.2) is 12.6 Å². The van der Waals surface area contributed by atoms with E-state index in [-0.39, 0.29) is 0 Å². The molecule has 2 aliphatic rings. The second-order valence-electron chi connectivity index (χ2n) is 35.0. The van der Waals surface area contributed by atoms with Crippen LogP contribution in [0.15, 0.2) is 109 Å². The van der Waals surface area contributed by atoms with Crippen molar-refractivity contribution in [3.8, 4) is 19.5 Å². The van der Waals surface area contributed by atoms with Crippen molar-refractivity contribution in [2.75, 3.05) is 0 Å². The molecule has 0 N–H and O–H groups in total. The monoisotopic (exact) mass is 1590 g/mol. The van der Waals surface area contributed by atoms with Gasteiger partial charge >= 0.3 is 0 Å². The van der Waals surface area contributed by atoms with Crippen LogP contribution in [0, 0.1) is 0 Å². The first-order valence-electron chi connectivity index (χ1n) is 47.6. The summed E-state index contributed by atoms with van der Waals surface area (Å²) in [5.41, 5.74) is 14.8. The maximum atomic E-state index is 13.4. The van der Waals surface area contributed by atoms with Crippen molar-refractivity contribution < 1.29 is 9.59 Å². The zero-order valence-corrected chi connectivity index (χ0v) is 74.7. The molecule has 8 aromatic rings. The van der Waals surface area contributed by atoms with E-state index in [9.17, 15) is 9.59 Å².